The third-order valence-corrected chi connectivity index (χ3v) is 4.06. The van der Waals surface area contributed by atoms with Crippen LogP contribution in [-0.2, 0) is 16.1 Å². The fraction of sp³-hybridized carbons (Fsp3) is 0.500. The Bertz CT molecular complexity index is 557. The predicted molar refractivity (Wildman–Crippen MR) is 75.7 cm³/mol. The molecular formula is C16H19FN2O2. The number of likely N-dealkylation sites (tertiary alicyclic amines) is 1. The molecule has 2 aliphatic rings. The Morgan fingerprint density at radius 2 is 2.14 bits per heavy atom. The summed E-state index contributed by atoms with van der Waals surface area (Å²) in [7, 11) is 0. The van der Waals surface area contributed by atoms with E-state index in [4.69, 9.17) is 0 Å². The first-order valence-corrected chi connectivity index (χ1v) is 7.44. The van der Waals surface area contributed by atoms with Gasteiger partial charge in [-0.25, -0.2) is 4.39 Å². The van der Waals surface area contributed by atoms with E-state index in [1.165, 1.54) is 12.1 Å². The molecule has 0 bridgehead atoms. The summed E-state index contributed by atoms with van der Waals surface area (Å²) < 4.78 is 13.2. The minimum atomic E-state index is -0.306. The van der Waals surface area contributed by atoms with Gasteiger partial charge in [0.2, 0.25) is 11.8 Å². The summed E-state index contributed by atoms with van der Waals surface area (Å²) in [5.74, 6) is -0.360. The summed E-state index contributed by atoms with van der Waals surface area (Å²) in [5, 5.41) is 3.00. The molecule has 1 aromatic rings. The van der Waals surface area contributed by atoms with Gasteiger partial charge in [-0.05, 0) is 37.0 Å². The van der Waals surface area contributed by atoms with E-state index in [9.17, 15) is 14.0 Å². The van der Waals surface area contributed by atoms with Crippen LogP contribution in [0.25, 0.3) is 0 Å². The maximum atomic E-state index is 13.2. The van der Waals surface area contributed by atoms with Crippen LogP contribution in [-0.4, -0.2) is 29.3 Å². The highest BCUT2D eigenvalue weighted by atomic mass is 19.1. The Hall–Kier alpha value is -1.91. The number of hydrogen-bond acceptors (Lipinski definition) is 2. The van der Waals surface area contributed by atoms with E-state index in [0.717, 1.165) is 18.4 Å². The quantitative estimate of drug-likeness (QED) is 0.920. The van der Waals surface area contributed by atoms with Gasteiger partial charge in [-0.2, -0.15) is 0 Å². The summed E-state index contributed by atoms with van der Waals surface area (Å²) in [6.45, 7) is 0.789. The number of nitrogens with one attached hydrogen (secondary N) is 1. The average Bonchev–Trinajstić information content (AvgIpc) is 3.25. The molecule has 5 heteroatoms. The maximum absolute atomic E-state index is 13.2. The molecule has 3 rings (SSSR count). The lowest BCUT2D eigenvalue weighted by molar-refractivity contribution is -0.138. The third kappa shape index (κ3) is 3.60. The first-order valence-electron chi connectivity index (χ1n) is 7.44. The molecule has 1 N–H and O–H groups in total. The average molecular weight is 290 g/mol. The van der Waals surface area contributed by atoms with Gasteiger partial charge in [0.25, 0.3) is 0 Å². The van der Waals surface area contributed by atoms with Crippen molar-refractivity contribution in [2.45, 2.75) is 38.3 Å². The van der Waals surface area contributed by atoms with Crippen molar-refractivity contribution in [2.24, 2.45) is 5.92 Å². The number of piperidine rings is 1. The Balaban J connectivity index is 1.62. The van der Waals surface area contributed by atoms with Crippen molar-refractivity contribution in [3.05, 3.63) is 35.6 Å². The smallest absolute Gasteiger partial charge is 0.225 e. The van der Waals surface area contributed by atoms with Crippen LogP contribution < -0.4 is 5.32 Å². The predicted octanol–water partition coefficient (Wildman–Crippen LogP) is 1.84. The molecule has 1 saturated heterocycles. The number of amides is 2. The minimum absolute atomic E-state index is 0.0368. The molecule has 112 valence electrons. The fourth-order valence-corrected chi connectivity index (χ4v) is 2.68. The van der Waals surface area contributed by atoms with Crippen molar-refractivity contribution >= 4 is 11.8 Å². The van der Waals surface area contributed by atoms with Crippen molar-refractivity contribution in [1.29, 1.82) is 0 Å². The fourth-order valence-electron chi connectivity index (χ4n) is 2.68. The lowest BCUT2D eigenvalue weighted by Gasteiger charge is -2.32. The number of hydrogen-bond donors (Lipinski definition) is 1. The number of nitrogens with zero attached hydrogens (tertiary/aromatic N) is 1. The van der Waals surface area contributed by atoms with Gasteiger partial charge in [0.1, 0.15) is 5.82 Å². The number of rotatable bonds is 4. The van der Waals surface area contributed by atoms with Gasteiger partial charge in [-0.1, -0.05) is 12.1 Å². The Morgan fingerprint density at radius 3 is 2.86 bits per heavy atom. The zero-order valence-corrected chi connectivity index (χ0v) is 11.8. The van der Waals surface area contributed by atoms with Crippen LogP contribution in [0.4, 0.5) is 4.39 Å². The molecule has 1 saturated carbocycles. The first kappa shape index (κ1) is 14.0. The highest BCUT2D eigenvalue weighted by Crippen LogP contribution is 2.23. The molecule has 1 aliphatic carbocycles. The van der Waals surface area contributed by atoms with Gasteiger partial charge < -0.3 is 10.2 Å². The van der Waals surface area contributed by atoms with E-state index < -0.39 is 0 Å². The topological polar surface area (TPSA) is 49.4 Å². The van der Waals surface area contributed by atoms with Crippen molar-refractivity contribution in [3.63, 3.8) is 0 Å². The third-order valence-electron chi connectivity index (χ3n) is 4.06. The van der Waals surface area contributed by atoms with E-state index in [2.05, 4.69) is 5.32 Å². The zero-order chi connectivity index (χ0) is 14.8. The van der Waals surface area contributed by atoms with Crippen LogP contribution in [0.5, 0.6) is 0 Å². The van der Waals surface area contributed by atoms with Crippen LogP contribution in [0.15, 0.2) is 24.3 Å². The number of carbonyl (C=O) groups excluding carboxylic acids is 2. The van der Waals surface area contributed by atoms with E-state index in [0.29, 0.717) is 32.0 Å². The van der Waals surface area contributed by atoms with Crippen molar-refractivity contribution < 1.29 is 14.0 Å². The monoisotopic (exact) mass is 290 g/mol. The Morgan fingerprint density at radius 1 is 1.33 bits per heavy atom. The summed E-state index contributed by atoms with van der Waals surface area (Å²) in [6.07, 6.45) is 3.11. The lowest BCUT2D eigenvalue weighted by Crippen LogP contribution is -2.45. The van der Waals surface area contributed by atoms with Crippen LogP contribution in [0.3, 0.4) is 0 Å². The Kier molecular flexibility index (Phi) is 3.90. The molecule has 4 nitrogen and oxygen atoms in total. The van der Waals surface area contributed by atoms with Crippen LogP contribution >= 0.6 is 0 Å². The maximum Gasteiger partial charge on any atom is 0.225 e. The highest BCUT2D eigenvalue weighted by Gasteiger charge is 2.33. The van der Waals surface area contributed by atoms with Crippen LogP contribution in [0, 0.1) is 11.7 Å². The summed E-state index contributed by atoms with van der Waals surface area (Å²) in [4.78, 5) is 25.7. The molecule has 2 amide bonds. The standard InChI is InChI=1S/C16H19FN2O2/c17-13-3-1-2-11(8-13)9-19-10-12(4-7-15(19)20)16(21)18-14-5-6-14/h1-3,8,12,14H,4-7,9-10H2,(H,18,21). The van der Waals surface area contributed by atoms with Crippen molar-refractivity contribution in [1.82, 2.24) is 10.2 Å². The highest BCUT2D eigenvalue weighted by molar-refractivity contribution is 5.84. The van der Waals surface area contributed by atoms with E-state index in [1.54, 1.807) is 17.0 Å². The molecule has 1 aliphatic heterocycles. The number of halogens is 1. The van der Waals surface area contributed by atoms with Crippen LogP contribution in [0.1, 0.15) is 31.2 Å². The number of benzene rings is 1. The Labute approximate surface area is 123 Å². The molecule has 0 radical (unpaired) electrons. The lowest BCUT2D eigenvalue weighted by atomic mass is 9.96. The van der Waals surface area contributed by atoms with Gasteiger partial charge in [0.15, 0.2) is 0 Å². The van der Waals surface area contributed by atoms with Gasteiger partial charge in [-0.3, -0.25) is 9.59 Å². The second-order valence-corrected chi connectivity index (χ2v) is 5.92. The van der Waals surface area contributed by atoms with Crippen LogP contribution in [0.2, 0.25) is 0 Å². The van der Waals surface area contributed by atoms with E-state index in [-0.39, 0.29) is 23.5 Å². The molecule has 0 aromatic heterocycles. The van der Waals surface area contributed by atoms with E-state index >= 15 is 0 Å². The largest absolute Gasteiger partial charge is 0.353 e. The molecular weight excluding hydrogens is 271 g/mol. The van der Waals surface area contributed by atoms with E-state index in [1.807, 2.05) is 0 Å². The van der Waals surface area contributed by atoms with Gasteiger partial charge in [0, 0.05) is 25.6 Å². The van der Waals surface area contributed by atoms with Crippen molar-refractivity contribution in [2.75, 3.05) is 6.54 Å². The molecule has 1 atom stereocenters. The summed E-state index contributed by atoms with van der Waals surface area (Å²) in [6, 6.07) is 6.58. The second-order valence-electron chi connectivity index (χ2n) is 5.92. The second kappa shape index (κ2) is 5.84. The zero-order valence-electron chi connectivity index (χ0n) is 11.8. The first-order chi connectivity index (χ1) is 10.1. The van der Waals surface area contributed by atoms with Gasteiger partial charge in [-0.15, -0.1) is 0 Å². The molecule has 1 aromatic carbocycles. The molecule has 21 heavy (non-hydrogen) atoms. The summed E-state index contributed by atoms with van der Waals surface area (Å²) in [5.41, 5.74) is 0.756. The number of carbonyl (C=O) groups is 2. The molecule has 1 heterocycles. The molecule has 2 fully saturated rings. The normalized spacial score (nSPS) is 22.2. The van der Waals surface area contributed by atoms with Gasteiger partial charge in [0.05, 0.1) is 5.92 Å². The van der Waals surface area contributed by atoms with Crippen molar-refractivity contribution in [3.8, 4) is 0 Å². The summed E-state index contributed by atoms with van der Waals surface area (Å²) >= 11 is 0. The molecule has 0 spiro atoms. The van der Waals surface area contributed by atoms with Gasteiger partial charge >= 0.3 is 0 Å². The SMILES string of the molecule is O=C(NC1CC1)C1CCC(=O)N(Cc2cccc(F)c2)C1. The minimum Gasteiger partial charge on any atom is -0.353 e. The molecule has 1 unspecified atom stereocenters.